The van der Waals surface area contributed by atoms with Crippen molar-refractivity contribution in [1.82, 2.24) is 15.0 Å². The van der Waals surface area contributed by atoms with Crippen molar-refractivity contribution in [2.24, 2.45) is 0 Å². The Balaban J connectivity index is 2.43. The fourth-order valence-corrected chi connectivity index (χ4v) is 2.64. The molecular weight excluding hydrogens is 369 g/mol. The summed E-state index contributed by atoms with van der Waals surface area (Å²) in [5.41, 5.74) is -0.179. The van der Waals surface area contributed by atoms with Crippen LogP contribution in [0.4, 0.5) is 0 Å². The Morgan fingerprint density at radius 1 is 1.39 bits per heavy atom. The molecule has 0 amide bonds. The standard InChI is InChI=1S/C10H6IN3O3S/c11-6-7(15)13-4-14-9(6)18-8-5(10(16)17)2-1-3-12-8/h1-4H,(H,16,17)(H,13,14,15). The van der Waals surface area contributed by atoms with Crippen LogP contribution in [0.25, 0.3) is 0 Å². The van der Waals surface area contributed by atoms with E-state index in [0.717, 1.165) is 11.8 Å². The van der Waals surface area contributed by atoms with Gasteiger partial charge in [-0.05, 0) is 46.5 Å². The van der Waals surface area contributed by atoms with Gasteiger partial charge in [-0.15, -0.1) is 0 Å². The molecule has 0 fully saturated rings. The average Bonchev–Trinajstić information content (AvgIpc) is 2.35. The van der Waals surface area contributed by atoms with Crippen LogP contribution in [0.1, 0.15) is 10.4 Å². The lowest BCUT2D eigenvalue weighted by molar-refractivity contribution is 0.0692. The number of carboxylic acid groups (broad SMARTS) is 1. The number of carboxylic acids is 1. The number of halogens is 1. The molecule has 0 aliphatic rings. The maximum absolute atomic E-state index is 11.4. The van der Waals surface area contributed by atoms with Gasteiger partial charge >= 0.3 is 5.97 Å². The quantitative estimate of drug-likeness (QED) is 0.625. The first-order valence-corrected chi connectivity index (χ1v) is 6.58. The topological polar surface area (TPSA) is 95.9 Å². The molecule has 0 radical (unpaired) electrons. The lowest BCUT2D eigenvalue weighted by Gasteiger charge is -2.04. The van der Waals surface area contributed by atoms with Crippen LogP contribution in [0, 0.1) is 3.57 Å². The predicted octanol–water partition coefficient (Wildman–Crippen LogP) is 1.62. The van der Waals surface area contributed by atoms with Crippen molar-refractivity contribution in [3.8, 4) is 0 Å². The fourth-order valence-electron chi connectivity index (χ4n) is 1.16. The van der Waals surface area contributed by atoms with E-state index >= 15 is 0 Å². The second-order valence-corrected chi connectivity index (χ2v) is 5.17. The summed E-state index contributed by atoms with van der Waals surface area (Å²) >= 11 is 2.91. The lowest BCUT2D eigenvalue weighted by atomic mass is 10.3. The Labute approximate surface area is 119 Å². The second kappa shape index (κ2) is 5.48. The van der Waals surface area contributed by atoms with Crippen LogP contribution in [0.15, 0.2) is 39.5 Å². The van der Waals surface area contributed by atoms with Gasteiger partial charge in [-0.25, -0.2) is 14.8 Å². The molecule has 2 aromatic rings. The smallest absolute Gasteiger partial charge is 0.338 e. The molecule has 2 aromatic heterocycles. The van der Waals surface area contributed by atoms with Gasteiger partial charge in [0.2, 0.25) is 0 Å². The molecule has 18 heavy (non-hydrogen) atoms. The van der Waals surface area contributed by atoms with E-state index in [1.165, 1.54) is 18.6 Å². The summed E-state index contributed by atoms with van der Waals surface area (Å²) < 4.78 is 0.405. The van der Waals surface area contributed by atoms with Gasteiger partial charge < -0.3 is 10.1 Å². The summed E-state index contributed by atoms with van der Waals surface area (Å²) in [4.78, 5) is 32.8. The summed E-state index contributed by atoms with van der Waals surface area (Å²) in [5, 5.41) is 9.76. The first-order valence-electron chi connectivity index (χ1n) is 4.69. The van der Waals surface area contributed by atoms with Crippen LogP contribution >= 0.6 is 34.4 Å². The monoisotopic (exact) mass is 375 g/mol. The first kappa shape index (κ1) is 13.0. The number of pyridine rings is 1. The molecular formula is C10H6IN3O3S. The molecule has 8 heteroatoms. The number of nitrogens with one attached hydrogen (secondary N) is 1. The molecule has 0 aliphatic heterocycles. The van der Waals surface area contributed by atoms with Crippen LogP contribution in [-0.4, -0.2) is 26.0 Å². The zero-order chi connectivity index (χ0) is 13.1. The molecule has 0 unspecified atom stereocenters. The van der Waals surface area contributed by atoms with Crippen molar-refractivity contribution >= 4 is 40.3 Å². The van der Waals surface area contributed by atoms with Gasteiger partial charge in [0.15, 0.2) is 0 Å². The highest BCUT2D eigenvalue weighted by molar-refractivity contribution is 14.1. The summed E-state index contributed by atoms with van der Waals surface area (Å²) in [6.45, 7) is 0. The number of hydrogen-bond acceptors (Lipinski definition) is 5. The Hall–Kier alpha value is -1.42. The highest BCUT2D eigenvalue weighted by atomic mass is 127. The minimum atomic E-state index is -1.06. The zero-order valence-corrected chi connectivity index (χ0v) is 11.7. The third-order valence-electron chi connectivity index (χ3n) is 1.96. The third kappa shape index (κ3) is 2.70. The third-order valence-corrected chi connectivity index (χ3v) is 4.35. The fraction of sp³-hybridized carbons (Fsp3) is 0. The van der Waals surface area contributed by atoms with Crippen LogP contribution in [0.2, 0.25) is 0 Å². The SMILES string of the molecule is O=C(O)c1cccnc1Sc1nc[nH]c(=O)c1I. The Bertz CT molecular complexity index is 659. The van der Waals surface area contributed by atoms with Gasteiger partial charge in [-0.2, -0.15) is 0 Å². The minimum absolute atomic E-state index is 0.0837. The number of aromatic nitrogens is 3. The number of hydrogen-bond donors (Lipinski definition) is 2. The van der Waals surface area contributed by atoms with Gasteiger partial charge in [-0.1, -0.05) is 0 Å². The van der Waals surface area contributed by atoms with Crippen LogP contribution < -0.4 is 5.56 Å². The molecule has 0 saturated heterocycles. The molecule has 0 spiro atoms. The summed E-state index contributed by atoms with van der Waals surface area (Å²) in [6, 6.07) is 3.00. The molecule has 0 atom stereocenters. The zero-order valence-electron chi connectivity index (χ0n) is 8.75. The van der Waals surface area contributed by atoms with E-state index in [2.05, 4.69) is 15.0 Å². The summed E-state index contributed by atoms with van der Waals surface area (Å²) in [5.74, 6) is -1.06. The summed E-state index contributed by atoms with van der Waals surface area (Å²) in [6.07, 6.45) is 2.77. The highest BCUT2D eigenvalue weighted by Crippen LogP contribution is 2.28. The minimum Gasteiger partial charge on any atom is -0.478 e. The molecule has 2 N–H and O–H groups in total. The second-order valence-electron chi connectivity index (χ2n) is 3.11. The van der Waals surface area contributed by atoms with Gasteiger partial charge in [0.05, 0.1) is 11.9 Å². The van der Waals surface area contributed by atoms with Crippen LogP contribution in [-0.2, 0) is 0 Å². The van der Waals surface area contributed by atoms with Gasteiger partial charge in [0.1, 0.15) is 13.6 Å². The molecule has 2 heterocycles. The Morgan fingerprint density at radius 3 is 2.89 bits per heavy atom. The maximum atomic E-state index is 11.4. The maximum Gasteiger partial charge on any atom is 0.338 e. The van der Waals surface area contributed by atoms with Crippen molar-refractivity contribution in [3.05, 3.63) is 44.1 Å². The van der Waals surface area contributed by atoms with E-state index in [9.17, 15) is 9.59 Å². The number of aromatic carboxylic acids is 1. The van der Waals surface area contributed by atoms with Crippen molar-refractivity contribution in [3.63, 3.8) is 0 Å². The highest BCUT2D eigenvalue weighted by Gasteiger charge is 2.15. The van der Waals surface area contributed by atoms with E-state index in [0.29, 0.717) is 13.6 Å². The van der Waals surface area contributed by atoms with Crippen molar-refractivity contribution in [1.29, 1.82) is 0 Å². The summed E-state index contributed by atoms with van der Waals surface area (Å²) in [7, 11) is 0. The molecule has 6 nitrogen and oxygen atoms in total. The molecule has 0 aromatic carbocycles. The number of H-pyrrole nitrogens is 1. The molecule has 92 valence electrons. The number of aromatic amines is 1. The van der Waals surface area contributed by atoms with Crippen molar-refractivity contribution in [2.75, 3.05) is 0 Å². The van der Waals surface area contributed by atoms with E-state index < -0.39 is 5.97 Å². The lowest BCUT2D eigenvalue weighted by Crippen LogP contribution is -2.11. The number of carbonyl (C=O) groups is 1. The number of rotatable bonds is 3. The van der Waals surface area contributed by atoms with Gasteiger partial charge in [-0.3, -0.25) is 4.79 Å². The largest absolute Gasteiger partial charge is 0.478 e. The van der Waals surface area contributed by atoms with Gasteiger partial charge in [0.25, 0.3) is 5.56 Å². The van der Waals surface area contributed by atoms with Crippen LogP contribution in [0.5, 0.6) is 0 Å². The Kier molecular flexibility index (Phi) is 3.97. The van der Waals surface area contributed by atoms with Crippen molar-refractivity contribution < 1.29 is 9.90 Å². The Morgan fingerprint density at radius 2 is 2.17 bits per heavy atom. The molecule has 0 bridgehead atoms. The molecule has 2 rings (SSSR count). The molecule has 0 saturated carbocycles. The predicted molar refractivity (Wildman–Crippen MR) is 72.9 cm³/mol. The molecule has 0 aliphatic carbocycles. The first-order chi connectivity index (χ1) is 8.59. The van der Waals surface area contributed by atoms with E-state index in [1.807, 2.05) is 22.6 Å². The van der Waals surface area contributed by atoms with Gasteiger partial charge in [0, 0.05) is 6.20 Å². The van der Waals surface area contributed by atoms with Crippen LogP contribution in [0.3, 0.4) is 0 Å². The average molecular weight is 375 g/mol. The van der Waals surface area contributed by atoms with E-state index in [1.54, 1.807) is 6.07 Å². The van der Waals surface area contributed by atoms with E-state index in [-0.39, 0.29) is 11.1 Å². The normalized spacial score (nSPS) is 10.3. The number of nitrogens with zero attached hydrogens (tertiary/aromatic N) is 2. The van der Waals surface area contributed by atoms with E-state index in [4.69, 9.17) is 5.11 Å². The van der Waals surface area contributed by atoms with Crippen molar-refractivity contribution in [2.45, 2.75) is 10.1 Å².